The van der Waals surface area contributed by atoms with Crippen molar-refractivity contribution in [2.75, 3.05) is 7.05 Å². The minimum atomic E-state index is 0.103. The Balaban J connectivity index is 2.04. The molecule has 2 unspecified atom stereocenters. The van der Waals surface area contributed by atoms with Crippen LogP contribution in [-0.2, 0) is 4.79 Å². The molecule has 2 heteroatoms. The third-order valence-electron chi connectivity index (χ3n) is 5.52. The van der Waals surface area contributed by atoms with Crippen LogP contribution in [0.2, 0.25) is 0 Å². The normalized spacial score (nSPS) is 47.1. The quantitative estimate of drug-likeness (QED) is 0.597. The minimum Gasteiger partial charge on any atom is -0.340 e. The summed E-state index contributed by atoms with van der Waals surface area (Å²) in [5.74, 6) is 2.97. The van der Waals surface area contributed by atoms with Crippen molar-refractivity contribution in [3.8, 4) is 0 Å². The van der Waals surface area contributed by atoms with Crippen molar-refractivity contribution < 1.29 is 4.79 Å². The predicted molar refractivity (Wildman–Crippen MR) is 59.3 cm³/mol. The van der Waals surface area contributed by atoms with E-state index in [1.54, 1.807) is 0 Å². The largest absolute Gasteiger partial charge is 0.340 e. The van der Waals surface area contributed by atoms with Gasteiger partial charge in [0, 0.05) is 18.5 Å². The first-order chi connectivity index (χ1) is 7.03. The fourth-order valence-corrected chi connectivity index (χ4v) is 4.55. The maximum Gasteiger partial charge on any atom is 0.226 e. The van der Waals surface area contributed by atoms with Gasteiger partial charge < -0.3 is 4.90 Å². The molecule has 0 aromatic rings. The Bertz CT molecular complexity index is 302. The summed E-state index contributed by atoms with van der Waals surface area (Å²) in [6, 6.07) is 0. The summed E-state index contributed by atoms with van der Waals surface area (Å²) in [5, 5.41) is 0. The van der Waals surface area contributed by atoms with E-state index in [2.05, 4.69) is 13.8 Å². The van der Waals surface area contributed by atoms with Gasteiger partial charge in [0.25, 0.3) is 0 Å². The molecule has 4 fully saturated rings. The molecule has 1 saturated heterocycles. The standard InChI is InChI=1S/C13H21NO/c1-13(2)11-9-6-4-8(5-7-9)10(11)12(15)14(13)3/h8-11H,4-7H2,1-3H3. The van der Waals surface area contributed by atoms with Crippen LogP contribution in [0.25, 0.3) is 0 Å². The molecule has 0 spiro atoms. The number of carbonyl (C=O) groups excluding carboxylic acids is 1. The van der Waals surface area contributed by atoms with Gasteiger partial charge in [-0.25, -0.2) is 0 Å². The zero-order chi connectivity index (χ0) is 10.8. The van der Waals surface area contributed by atoms with Gasteiger partial charge in [-0.1, -0.05) is 0 Å². The van der Waals surface area contributed by atoms with E-state index in [0.717, 1.165) is 5.92 Å². The van der Waals surface area contributed by atoms with Crippen LogP contribution in [0.1, 0.15) is 39.5 Å². The summed E-state index contributed by atoms with van der Waals surface area (Å²) in [6.45, 7) is 4.52. The molecule has 3 saturated carbocycles. The van der Waals surface area contributed by atoms with Gasteiger partial charge in [0.15, 0.2) is 0 Å². The van der Waals surface area contributed by atoms with E-state index in [4.69, 9.17) is 0 Å². The molecule has 1 heterocycles. The van der Waals surface area contributed by atoms with Crippen LogP contribution in [0.4, 0.5) is 0 Å². The van der Waals surface area contributed by atoms with Crippen molar-refractivity contribution in [1.29, 1.82) is 0 Å². The van der Waals surface area contributed by atoms with E-state index in [9.17, 15) is 4.79 Å². The second-order valence-corrected chi connectivity index (χ2v) is 6.28. The number of hydrogen-bond donors (Lipinski definition) is 0. The molecule has 0 aromatic heterocycles. The van der Waals surface area contributed by atoms with Crippen molar-refractivity contribution >= 4 is 5.91 Å². The Morgan fingerprint density at radius 1 is 1.13 bits per heavy atom. The highest BCUT2D eigenvalue weighted by Crippen LogP contribution is 2.57. The average molecular weight is 207 g/mol. The lowest BCUT2D eigenvalue weighted by Gasteiger charge is -2.48. The Morgan fingerprint density at radius 2 is 1.67 bits per heavy atom. The zero-order valence-electron chi connectivity index (χ0n) is 9.99. The number of amides is 1. The summed E-state index contributed by atoms with van der Waals surface area (Å²) < 4.78 is 0. The van der Waals surface area contributed by atoms with E-state index in [-0.39, 0.29) is 5.54 Å². The van der Waals surface area contributed by atoms with Crippen LogP contribution in [0, 0.1) is 23.7 Å². The maximum atomic E-state index is 12.3. The van der Waals surface area contributed by atoms with Gasteiger partial charge in [0.05, 0.1) is 0 Å². The Morgan fingerprint density at radius 3 is 2.20 bits per heavy atom. The summed E-state index contributed by atoms with van der Waals surface area (Å²) in [5.41, 5.74) is 0.103. The van der Waals surface area contributed by atoms with Gasteiger partial charge in [-0.3, -0.25) is 4.79 Å². The van der Waals surface area contributed by atoms with E-state index in [1.807, 2.05) is 11.9 Å². The molecule has 0 aromatic carbocycles. The van der Waals surface area contributed by atoms with Crippen molar-refractivity contribution in [2.45, 2.75) is 45.1 Å². The lowest BCUT2D eigenvalue weighted by Crippen LogP contribution is -2.47. The molecule has 1 amide bonds. The third kappa shape index (κ3) is 1.03. The SMILES string of the molecule is CN1C(=O)C2C3CCC(CC3)C2C1(C)C. The maximum absolute atomic E-state index is 12.3. The highest BCUT2D eigenvalue weighted by atomic mass is 16.2. The molecule has 2 atom stereocenters. The molecular formula is C13H21NO. The second-order valence-electron chi connectivity index (χ2n) is 6.28. The zero-order valence-corrected chi connectivity index (χ0v) is 9.99. The highest BCUT2D eigenvalue weighted by molar-refractivity contribution is 5.83. The first kappa shape index (κ1) is 9.68. The highest BCUT2D eigenvalue weighted by Gasteiger charge is 2.60. The molecule has 2 nitrogen and oxygen atoms in total. The number of hydrogen-bond acceptors (Lipinski definition) is 1. The van der Waals surface area contributed by atoms with Crippen LogP contribution in [0.3, 0.4) is 0 Å². The molecule has 1 aliphatic heterocycles. The van der Waals surface area contributed by atoms with E-state index < -0.39 is 0 Å². The molecule has 4 aliphatic rings. The van der Waals surface area contributed by atoms with Crippen LogP contribution in [0.15, 0.2) is 0 Å². The smallest absolute Gasteiger partial charge is 0.226 e. The van der Waals surface area contributed by atoms with Gasteiger partial charge in [-0.05, 0) is 57.3 Å². The summed E-state index contributed by atoms with van der Waals surface area (Å²) in [4.78, 5) is 14.3. The average Bonchev–Trinajstić information content (AvgIpc) is 2.44. The van der Waals surface area contributed by atoms with Gasteiger partial charge in [-0.2, -0.15) is 0 Å². The monoisotopic (exact) mass is 207 g/mol. The van der Waals surface area contributed by atoms with Crippen molar-refractivity contribution in [3.05, 3.63) is 0 Å². The van der Waals surface area contributed by atoms with Crippen molar-refractivity contribution in [3.63, 3.8) is 0 Å². The summed E-state index contributed by atoms with van der Waals surface area (Å²) >= 11 is 0. The third-order valence-corrected chi connectivity index (χ3v) is 5.52. The lowest BCUT2D eigenvalue weighted by molar-refractivity contribution is -0.134. The molecular weight excluding hydrogens is 186 g/mol. The van der Waals surface area contributed by atoms with Gasteiger partial charge >= 0.3 is 0 Å². The molecule has 84 valence electrons. The molecule has 15 heavy (non-hydrogen) atoms. The first-order valence-corrected chi connectivity index (χ1v) is 6.31. The molecule has 3 aliphatic carbocycles. The summed E-state index contributed by atoms with van der Waals surface area (Å²) in [6.07, 6.45) is 5.36. The number of likely N-dealkylation sites (tertiary alicyclic amines) is 1. The molecule has 4 rings (SSSR count). The lowest BCUT2D eigenvalue weighted by atomic mass is 9.56. The number of fused-ring (bicyclic) bond motifs is 2. The molecule has 0 N–H and O–H groups in total. The van der Waals surface area contributed by atoms with Crippen LogP contribution in [-0.4, -0.2) is 23.4 Å². The number of carbonyl (C=O) groups is 1. The van der Waals surface area contributed by atoms with Gasteiger partial charge in [-0.15, -0.1) is 0 Å². The fourth-order valence-electron chi connectivity index (χ4n) is 4.55. The van der Waals surface area contributed by atoms with Crippen LogP contribution >= 0.6 is 0 Å². The Labute approximate surface area is 92.0 Å². The van der Waals surface area contributed by atoms with Gasteiger partial charge in [0.1, 0.15) is 0 Å². The van der Waals surface area contributed by atoms with Gasteiger partial charge in [0.2, 0.25) is 5.91 Å². The topological polar surface area (TPSA) is 20.3 Å². The number of rotatable bonds is 0. The van der Waals surface area contributed by atoms with Crippen LogP contribution < -0.4 is 0 Å². The summed E-state index contributed by atoms with van der Waals surface area (Å²) in [7, 11) is 2.00. The molecule has 0 radical (unpaired) electrons. The number of nitrogens with zero attached hydrogens (tertiary/aromatic N) is 1. The van der Waals surface area contributed by atoms with E-state index >= 15 is 0 Å². The molecule has 2 bridgehead atoms. The Kier molecular flexibility index (Phi) is 1.79. The first-order valence-electron chi connectivity index (χ1n) is 6.31. The predicted octanol–water partition coefficient (Wildman–Crippen LogP) is 2.29. The van der Waals surface area contributed by atoms with E-state index in [1.165, 1.54) is 25.7 Å². The van der Waals surface area contributed by atoms with Crippen molar-refractivity contribution in [2.24, 2.45) is 23.7 Å². The second kappa shape index (κ2) is 2.78. The minimum absolute atomic E-state index is 0.103. The van der Waals surface area contributed by atoms with E-state index in [0.29, 0.717) is 23.7 Å². The fraction of sp³-hybridized carbons (Fsp3) is 0.923. The Hall–Kier alpha value is -0.530. The van der Waals surface area contributed by atoms with Crippen molar-refractivity contribution in [1.82, 2.24) is 4.90 Å². The van der Waals surface area contributed by atoms with Crippen LogP contribution in [0.5, 0.6) is 0 Å².